The van der Waals surface area contributed by atoms with E-state index in [1.807, 2.05) is 30.7 Å². The lowest BCUT2D eigenvalue weighted by Crippen LogP contribution is -2.26. The Kier molecular flexibility index (Phi) is 4.55. The molecule has 0 saturated carbocycles. The number of pyridine rings is 1. The van der Waals surface area contributed by atoms with Gasteiger partial charge in [0.15, 0.2) is 5.16 Å². The molecule has 2 N–H and O–H groups in total. The van der Waals surface area contributed by atoms with E-state index in [1.165, 1.54) is 5.56 Å². The van der Waals surface area contributed by atoms with Crippen LogP contribution in [0.4, 0.5) is 0 Å². The maximum absolute atomic E-state index is 6.26. The van der Waals surface area contributed by atoms with Gasteiger partial charge in [-0.15, -0.1) is 10.2 Å². The summed E-state index contributed by atoms with van der Waals surface area (Å²) in [6.45, 7) is 4.04. The SMILES string of the molecule is CCC(N)C(Sc1nnc(C)n1C)c1ccncc1. The Bertz CT molecular complexity index is 525. The zero-order valence-corrected chi connectivity index (χ0v) is 12.3. The van der Waals surface area contributed by atoms with Crippen LogP contribution in [0.2, 0.25) is 0 Å². The second kappa shape index (κ2) is 6.16. The van der Waals surface area contributed by atoms with E-state index in [0.717, 1.165) is 17.4 Å². The number of thioether (sulfide) groups is 1. The summed E-state index contributed by atoms with van der Waals surface area (Å²) in [5.41, 5.74) is 7.43. The summed E-state index contributed by atoms with van der Waals surface area (Å²) in [5.74, 6) is 0.904. The molecule has 0 aliphatic heterocycles. The van der Waals surface area contributed by atoms with Crippen LogP contribution in [0.5, 0.6) is 0 Å². The highest BCUT2D eigenvalue weighted by molar-refractivity contribution is 7.99. The van der Waals surface area contributed by atoms with Gasteiger partial charge in [0.2, 0.25) is 0 Å². The normalized spacial score (nSPS) is 14.3. The van der Waals surface area contributed by atoms with Crippen LogP contribution in [0.15, 0.2) is 29.7 Å². The van der Waals surface area contributed by atoms with Crippen molar-refractivity contribution in [2.75, 3.05) is 0 Å². The van der Waals surface area contributed by atoms with Crippen molar-refractivity contribution in [2.45, 2.75) is 36.7 Å². The topological polar surface area (TPSA) is 69.6 Å². The molecular formula is C13H19N5S. The maximum Gasteiger partial charge on any atom is 0.191 e. The highest BCUT2D eigenvalue weighted by Crippen LogP contribution is 2.36. The molecule has 2 atom stereocenters. The Balaban J connectivity index is 2.27. The van der Waals surface area contributed by atoms with Gasteiger partial charge in [-0.05, 0) is 31.0 Å². The molecule has 19 heavy (non-hydrogen) atoms. The molecule has 2 heterocycles. The van der Waals surface area contributed by atoms with Gasteiger partial charge in [-0.25, -0.2) is 0 Å². The smallest absolute Gasteiger partial charge is 0.191 e. The zero-order chi connectivity index (χ0) is 13.8. The first kappa shape index (κ1) is 14.0. The van der Waals surface area contributed by atoms with E-state index in [1.54, 1.807) is 24.2 Å². The summed E-state index contributed by atoms with van der Waals surface area (Å²) in [7, 11) is 1.97. The van der Waals surface area contributed by atoms with Crippen LogP contribution in [0.3, 0.4) is 0 Å². The van der Waals surface area contributed by atoms with Gasteiger partial charge in [-0.3, -0.25) is 4.98 Å². The van der Waals surface area contributed by atoms with Gasteiger partial charge in [0.25, 0.3) is 0 Å². The molecule has 0 aliphatic carbocycles. The second-order valence-corrected chi connectivity index (χ2v) is 5.59. The number of hydrogen-bond acceptors (Lipinski definition) is 5. The molecule has 0 amide bonds. The highest BCUT2D eigenvalue weighted by Gasteiger charge is 2.22. The van der Waals surface area contributed by atoms with Crippen molar-refractivity contribution >= 4 is 11.8 Å². The third-order valence-electron chi connectivity index (χ3n) is 3.18. The summed E-state index contributed by atoms with van der Waals surface area (Å²) in [4.78, 5) is 4.06. The number of aryl methyl sites for hydroxylation is 1. The van der Waals surface area contributed by atoms with Crippen molar-refractivity contribution in [1.82, 2.24) is 19.7 Å². The first-order valence-corrected chi connectivity index (χ1v) is 7.19. The first-order chi connectivity index (χ1) is 9.13. The molecule has 2 aromatic rings. The zero-order valence-electron chi connectivity index (χ0n) is 11.4. The van der Waals surface area contributed by atoms with E-state index in [4.69, 9.17) is 5.73 Å². The molecular weight excluding hydrogens is 258 g/mol. The van der Waals surface area contributed by atoms with Crippen molar-refractivity contribution in [3.63, 3.8) is 0 Å². The molecule has 2 unspecified atom stereocenters. The van der Waals surface area contributed by atoms with Gasteiger partial charge in [0.05, 0.1) is 5.25 Å². The Labute approximate surface area is 117 Å². The minimum absolute atomic E-state index is 0.0735. The van der Waals surface area contributed by atoms with Crippen LogP contribution in [0.1, 0.15) is 30.0 Å². The highest BCUT2D eigenvalue weighted by atomic mass is 32.2. The van der Waals surface area contributed by atoms with Crippen LogP contribution in [-0.4, -0.2) is 25.8 Å². The third kappa shape index (κ3) is 3.13. The summed E-state index contributed by atoms with van der Waals surface area (Å²) in [6, 6.07) is 4.09. The first-order valence-electron chi connectivity index (χ1n) is 6.31. The number of nitrogens with two attached hydrogens (primary N) is 1. The van der Waals surface area contributed by atoms with Crippen molar-refractivity contribution in [3.05, 3.63) is 35.9 Å². The molecule has 0 radical (unpaired) electrons. The number of hydrogen-bond donors (Lipinski definition) is 1. The molecule has 2 rings (SSSR count). The monoisotopic (exact) mass is 277 g/mol. The summed E-state index contributed by atoms with van der Waals surface area (Å²) >= 11 is 1.66. The molecule has 5 nitrogen and oxygen atoms in total. The standard InChI is InChI=1S/C13H19N5S/c1-4-11(14)12(10-5-7-15-8-6-10)19-13-17-16-9(2)18(13)3/h5-8,11-12H,4,14H2,1-3H3. The molecule has 0 aliphatic rings. The van der Waals surface area contributed by atoms with E-state index in [-0.39, 0.29) is 11.3 Å². The molecule has 0 aromatic carbocycles. The lowest BCUT2D eigenvalue weighted by Gasteiger charge is -2.22. The lowest BCUT2D eigenvalue weighted by atomic mass is 10.1. The van der Waals surface area contributed by atoms with E-state index < -0.39 is 0 Å². The molecule has 2 aromatic heterocycles. The second-order valence-electron chi connectivity index (χ2n) is 4.48. The van der Waals surface area contributed by atoms with Gasteiger partial charge in [-0.1, -0.05) is 18.7 Å². The van der Waals surface area contributed by atoms with E-state index in [9.17, 15) is 0 Å². The van der Waals surface area contributed by atoms with E-state index in [0.29, 0.717) is 0 Å². The molecule has 0 fully saturated rings. The van der Waals surface area contributed by atoms with Crippen LogP contribution >= 0.6 is 11.8 Å². The maximum atomic E-state index is 6.26. The minimum Gasteiger partial charge on any atom is -0.326 e. The van der Waals surface area contributed by atoms with Crippen LogP contribution in [0, 0.1) is 6.92 Å². The van der Waals surface area contributed by atoms with Gasteiger partial charge in [0.1, 0.15) is 5.82 Å². The number of aromatic nitrogens is 4. The fourth-order valence-corrected chi connectivity index (χ4v) is 3.04. The Morgan fingerprint density at radius 1 is 1.32 bits per heavy atom. The molecule has 0 bridgehead atoms. The van der Waals surface area contributed by atoms with Crippen LogP contribution in [0.25, 0.3) is 0 Å². The Morgan fingerprint density at radius 2 is 2.00 bits per heavy atom. The average Bonchev–Trinajstić information content (AvgIpc) is 2.76. The van der Waals surface area contributed by atoms with Crippen LogP contribution < -0.4 is 5.73 Å². The van der Waals surface area contributed by atoms with Gasteiger partial charge in [0, 0.05) is 25.5 Å². The van der Waals surface area contributed by atoms with Crippen molar-refractivity contribution in [1.29, 1.82) is 0 Å². The van der Waals surface area contributed by atoms with Crippen LogP contribution in [-0.2, 0) is 7.05 Å². The van der Waals surface area contributed by atoms with E-state index >= 15 is 0 Å². The third-order valence-corrected chi connectivity index (χ3v) is 4.62. The summed E-state index contributed by atoms with van der Waals surface area (Å²) < 4.78 is 1.99. The predicted octanol–water partition coefficient (Wildman–Crippen LogP) is 2.09. The Morgan fingerprint density at radius 3 is 2.53 bits per heavy atom. The average molecular weight is 277 g/mol. The van der Waals surface area contributed by atoms with Gasteiger partial charge < -0.3 is 10.3 Å². The fraction of sp³-hybridized carbons (Fsp3) is 0.462. The Hall–Kier alpha value is -1.40. The molecule has 6 heteroatoms. The van der Waals surface area contributed by atoms with Gasteiger partial charge >= 0.3 is 0 Å². The quantitative estimate of drug-likeness (QED) is 0.847. The molecule has 0 spiro atoms. The number of rotatable bonds is 5. The summed E-state index contributed by atoms with van der Waals surface area (Å²) in [6.07, 6.45) is 4.51. The largest absolute Gasteiger partial charge is 0.326 e. The van der Waals surface area contributed by atoms with Crippen molar-refractivity contribution < 1.29 is 0 Å². The fourth-order valence-electron chi connectivity index (χ4n) is 1.77. The predicted molar refractivity (Wildman–Crippen MR) is 76.8 cm³/mol. The van der Waals surface area contributed by atoms with Crippen molar-refractivity contribution in [2.24, 2.45) is 12.8 Å². The summed E-state index contributed by atoms with van der Waals surface area (Å²) in [5, 5.41) is 9.34. The molecule has 0 saturated heterocycles. The van der Waals surface area contributed by atoms with Gasteiger partial charge in [-0.2, -0.15) is 0 Å². The minimum atomic E-state index is 0.0735. The number of nitrogens with zero attached hydrogens (tertiary/aromatic N) is 4. The van der Waals surface area contributed by atoms with E-state index in [2.05, 4.69) is 22.1 Å². The van der Waals surface area contributed by atoms with Crippen molar-refractivity contribution in [3.8, 4) is 0 Å². The lowest BCUT2D eigenvalue weighted by molar-refractivity contribution is 0.629. The molecule has 102 valence electrons.